The predicted octanol–water partition coefficient (Wildman–Crippen LogP) is 18.3. The molecule has 0 bridgehead atoms. The summed E-state index contributed by atoms with van der Waals surface area (Å²) in [6, 6.07) is 91.8. The first kappa shape index (κ1) is 39.1. The minimum Gasteiger partial charge on any atom is -0.309 e. The molecule has 0 saturated carbocycles. The van der Waals surface area contributed by atoms with Crippen molar-refractivity contribution in [2.75, 3.05) is 0 Å². The molecule has 4 aromatic heterocycles. The maximum Gasteiger partial charge on any atom is 0.0541 e. The van der Waals surface area contributed by atoms with E-state index in [4.69, 9.17) is 0 Å². The standard InChI is InChI=1S/C66H41N3S/c1-4-14-42(15-5-1)43-28-34-65-57(40-43)58-41-50(29-35-66(58)70-65)69-63-32-26-46(44-24-30-61-53(36-44)51-20-10-12-22-59(51)67(61)48-16-6-2-7-17-48)38-55(63)56-39-47(27-33-64(56)69)45-25-31-62-54(37-45)52-21-11-13-23-60(52)68(62)49-18-8-3-9-19-49/h1-41H. The number of hydrogen-bond acceptors (Lipinski definition) is 1. The maximum atomic E-state index is 2.48. The van der Waals surface area contributed by atoms with Crippen LogP contribution >= 0.6 is 11.3 Å². The molecule has 3 nitrogen and oxygen atoms in total. The number of hydrogen-bond donors (Lipinski definition) is 0. The molecule has 70 heavy (non-hydrogen) atoms. The zero-order valence-electron chi connectivity index (χ0n) is 37.9. The first-order valence-corrected chi connectivity index (χ1v) is 24.8. The normalized spacial score (nSPS) is 12.0. The molecule has 15 rings (SSSR count). The molecule has 0 unspecified atom stereocenters. The van der Waals surface area contributed by atoms with E-state index in [2.05, 4.69) is 262 Å². The summed E-state index contributed by atoms with van der Waals surface area (Å²) in [5.74, 6) is 0. The second-order valence-electron chi connectivity index (χ2n) is 18.5. The van der Waals surface area contributed by atoms with Crippen LogP contribution in [0.4, 0.5) is 0 Å². The number of nitrogens with zero attached hydrogens (tertiary/aromatic N) is 3. The summed E-state index contributed by atoms with van der Waals surface area (Å²) in [4.78, 5) is 0. The summed E-state index contributed by atoms with van der Waals surface area (Å²) in [6.45, 7) is 0. The molecule has 0 atom stereocenters. The Labute approximate surface area is 407 Å². The third kappa shape index (κ3) is 5.94. The van der Waals surface area contributed by atoms with Crippen LogP contribution in [0.2, 0.25) is 0 Å². The van der Waals surface area contributed by atoms with Crippen molar-refractivity contribution in [2.24, 2.45) is 0 Å². The highest BCUT2D eigenvalue weighted by molar-refractivity contribution is 7.25. The lowest BCUT2D eigenvalue weighted by molar-refractivity contribution is 1.18. The van der Waals surface area contributed by atoms with Gasteiger partial charge in [0.2, 0.25) is 0 Å². The summed E-state index contributed by atoms with van der Waals surface area (Å²) in [5, 5.41) is 10.0. The zero-order chi connectivity index (χ0) is 45.9. The smallest absolute Gasteiger partial charge is 0.0541 e. The molecule has 4 heterocycles. The Morgan fingerprint density at radius 3 is 1.01 bits per heavy atom. The maximum absolute atomic E-state index is 2.48. The molecule has 0 aliphatic carbocycles. The fourth-order valence-corrected chi connectivity index (χ4v) is 12.5. The van der Waals surface area contributed by atoms with Gasteiger partial charge in [-0.2, -0.15) is 0 Å². The topological polar surface area (TPSA) is 14.8 Å². The van der Waals surface area contributed by atoms with Gasteiger partial charge in [-0.1, -0.05) is 133 Å². The van der Waals surface area contributed by atoms with Crippen LogP contribution in [-0.4, -0.2) is 13.7 Å². The average molecular weight is 908 g/mol. The molecule has 0 aliphatic rings. The van der Waals surface area contributed by atoms with E-state index in [9.17, 15) is 0 Å². The first-order chi connectivity index (χ1) is 34.7. The molecule has 0 amide bonds. The van der Waals surface area contributed by atoms with Crippen molar-refractivity contribution in [3.63, 3.8) is 0 Å². The van der Waals surface area contributed by atoms with Gasteiger partial charge in [-0.3, -0.25) is 0 Å². The Morgan fingerprint density at radius 1 is 0.200 bits per heavy atom. The van der Waals surface area contributed by atoms with Crippen LogP contribution in [0.1, 0.15) is 0 Å². The largest absolute Gasteiger partial charge is 0.309 e. The van der Waals surface area contributed by atoms with Crippen molar-refractivity contribution in [1.82, 2.24) is 13.7 Å². The van der Waals surface area contributed by atoms with Gasteiger partial charge >= 0.3 is 0 Å². The molecule has 0 fully saturated rings. The molecule has 0 spiro atoms. The Hall–Kier alpha value is -8.96. The number of rotatable bonds is 6. The first-order valence-electron chi connectivity index (χ1n) is 24.0. The lowest BCUT2D eigenvalue weighted by atomic mass is 9.98. The number of fused-ring (bicyclic) bond motifs is 12. The monoisotopic (exact) mass is 907 g/mol. The average Bonchev–Trinajstić information content (AvgIpc) is 4.17. The molecular formula is C66H41N3S. The third-order valence-electron chi connectivity index (χ3n) is 14.6. The Morgan fingerprint density at radius 2 is 0.529 bits per heavy atom. The van der Waals surface area contributed by atoms with Gasteiger partial charge in [-0.25, -0.2) is 0 Å². The lowest BCUT2D eigenvalue weighted by Gasteiger charge is -2.10. The van der Waals surface area contributed by atoms with Gasteiger partial charge in [0.15, 0.2) is 0 Å². The van der Waals surface area contributed by atoms with Crippen molar-refractivity contribution in [1.29, 1.82) is 0 Å². The zero-order valence-corrected chi connectivity index (χ0v) is 38.7. The summed E-state index contributed by atoms with van der Waals surface area (Å²) < 4.78 is 9.85. The molecule has 4 heteroatoms. The van der Waals surface area contributed by atoms with Gasteiger partial charge in [0.05, 0.1) is 33.1 Å². The molecular weight excluding hydrogens is 867 g/mol. The van der Waals surface area contributed by atoms with Crippen molar-refractivity contribution in [3.05, 3.63) is 249 Å². The molecule has 0 N–H and O–H groups in total. The fraction of sp³-hybridized carbons (Fsp3) is 0. The van der Waals surface area contributed by atoms with Gasteiger partial charge in [-0.15, -0.1) is 11.3 Å². The molecule has 326 valence electrons. The predicted molar refractivity (Wildman–Crippen MR) is 299 cm³/mol. The van der Waals surface area contributed by atoms with E-state index >= 15 is 0 Å². The van der Waals surface area contributed by atoms with Crippen molar-refractivity contribution < 1.29 is 0 Å². The minimum atomic E-state index is 1.16. The van der Waals surface area contributed by atoms with Crippen molar-refractivity contribution in [3.8, 4) is 50.4 Å². The minimum absolute atomic E-state index is 1.16. The molecule has 15 aromatic rings. The number of aromatic nitrogens is 3. The number of benzene rings is 11. The van der Waals surface area contributed by atoms with Crippen LogP contribution in [0.5, 0.6) is 0 Å². The van der Waals surface area contributed by atoms with E-state index in [0.29, 0.717) is 0 Å². The van der Waals surface area contributed by atoms with Gasteiger partial charge < -0.3 is 13.7 Å². The molecule has 11 aromatic carbocycles. The van der Waals surface area contributed by atoms with E-state index < -0.39 is 0 Å². The van der Waals surface area contributed by atoms with Gasteiger partial charge in [0, 0.05) is 69.6 Å². The third-order valence-corrected chi connectivity index (χ3v) is 15.8. The van der Waals surface area contributed by atoms with Crippen LogP contribution in [0.3, 0.4) is 0 Å². The summed E-state index contributed by atoms with van der Waals surface area (Å²) in [5.41, 5.74) is 17.9. The van der Waals surface area contributed by atoms with Gasteiger partial charge in [0.1, 0.15) is 0 Å². The second kappa shape index (κ2) is 15.3. The van der Waals surface area contributed by atoms with E-state index in [0.717, 1.165) is 17.1 Å². The van der Waals surface area contributed by atoms with E-state index in [1.807, 2.05) is 11.3 Å². The quantitative estimate of drug-likeness (QED) is 0.158. The van der Waals surface area contributed by atoms with Gasteiger partial charge in [-0.05, 0) is 149 Å². The van der Waals surface area contributed by atoms with Crippen LogP contribution in [-0.2, 0) is 0 Å². The molecule has 0 saturated heterocycles. The van der Waals surface area contributed by atoms with E-state index in [1.54, 1.807) is 0 Å². The second-order valence-corrected chi connectivity index (χ2v) is 19.6. The number of para-hydroxylation sites is 4. The SMILES string of the molecule is c1ccc(-c2ccc3sc4ccc(-n5c6ccc(-c7ccc8c(c7)c7ccccc7n8-c7ccccc7)cc6c6cc(-c7ccc8c(c7)c7ccccc7n8-c7ccccc7)ccc65)cc4c3c2)cc1. The fourth-order valence-electron chi connectivity index (χ4n) is 11.4. The van der Waals surface area contributed by atoms with Crippen LogP contribution < -0.4 is 0 Å². The Bertz CT molecular complexity index is 4360. The lowest BCUT2D eigenvalue weighted by Crippen LogP contribution is -1.94. The summed E-state index contributed by atoms with van der Waals surface area (Å²) >= 11 is 1.87. The van der Waals surface area contributed by atoms with Crippen LogP contribution in [0.25, 0.3) is 136 Å². The van der Waals surface area contributed by atoms with E-state index in [1.165, 1.54) is 119 Å². The number of thiophene rings is 1. The highest BCUT2D eigenvalue weighted by Gasteiger charge is 2.19. The Kier molecular flexibility index (Phi) is 8.53. The highest BCUT2D eigenvalue weighted by Crippen LogP contribution is 2.43. The molecule has 0 radical (unpaired) electrons. The van der Waals surface area contributed by atoms with Crippen molar-refractivity contribution in [2.45, 2.75) is 0 Å². The van der Waals surface area contributed by atoms with Gasteiger partial charge in [0.25, 0.3) is 0 Å². The summed E-state index contributed by atoms with van der Waals surface area (Å²) in [7, 11) is 0. The van der Waals surface area contributed by atoms with E-state index in [-0.39, 0.29) is 0 Å². The summed E-state index contributed by atoms with van der Waals surface area (Å²) in [6.07, 6.45) is 0. The molecule has 0 aliphatic heterocycles. The Balaban J connectivity index is 0.938. The van der Waals surface area contributed by atoms with Crippen LogP contribution in [0, 0.1) is 0 Å². The highest BCUT2D eigenvalue weighted by atomic mass is 32.1. The van der Waals surface area contributed by atoms with Crippen LogP contribution in [0.15, 0.2) is 249 Å². The van der Waals surface area contributed by atoms with Crippen molar-refractivity contribution >= 4 is 96.9 Å².